The molecule has 1 heterocycles. The second-order valence-corrected chi connectivity index (χ2v) is 6.24. The van der Waals surface area contributed by atoms with Gasteiger partial charge in [-0.15, -0.1) is 0 Å². The summed E-state index contributed by atoms with van der Waals surface area (Å²) in [5, 5.41) is 1.77. The minimum Gasteiger partial charge on any atom is -0.288 e. The number of hydrogen-bond donors (Lipinski definition) is 0. The van der Waals surface area contributed by atoms with Gasteiger partial charge >= 0.3 is 0 Å². The second-order valence-electron chi connectivity index (χ2n) is 4.00. The quantitative estimate of drug-likeness (QED) is 0.462. The van der Waals surface area contributed by atoms with Crippen molar-refractivity contribution in [2.45, 2.75) is 12.7 Å². The molecule has 2 heteroatoms. The van der Waals surface area contributed by atoms with Gasteiger partial charge in [-0.1, -0.05) is 24.3 Å². The first-order valence-corrected chi connectivity index (χ1v) is 7.16. The lowest BCUT2D eigenvalue weighted by Gasteiger charge is -2.00. The van der Waals surface area contributed by atoms with Crippen molar-refractivity contribution in [2.24, 2.45) is 0 Å². The number of hydrogen-bond acceptors (Lipinski definition) is 1. The standard InChI is InChI=1S/C15H13OS/c1-2-17-13-9-5-3-7-11(13)15(16)12-8-4-6-10-14(12)17/h3-10H,2H2,1H3/q+1. The molecular weight excluding hydrogens is 228 g/mol. The number of rotatable bonds is 1. The highest BCUT2D eigenvalue weighted by Gasteiger charge is 2.17. The van der Waals surface area contributed by atoms with E-state index in [0.29, 0.717) is 0 Å². The predicted molar refractivity (Wildman–Crippen MR) is 75.9 cm³/mol. The van der Waals surface area contributed by atoms with Crippen molar-refractivity contribution in [3.63, 3.8) is 0 Å². The molecule has 1 nitrogen and oxygen atoms in total. The van der Waals surface area contributed by atoms with Gasteiger partial charge in [-0.3, -0.25) is 4.79 Å². The molecule has 0 amide bonds. The van der Waals surface area contributed by atoms with E-state index in [1.54, 1.807) is 0 Å². The van der Waals surface area contributed by atoms with Gasteiger partial charge in [0.15, 0.2) is 9.40 Å². The van der Waals surface area contributed by atoms with Crippen LogP contribution in [-0.4, -0.2) is 0 Å². The number of fused-ring (bicyclic) bond motifs is 2. The summed E-state index contributed by atoms with van der Waals surface area (Å²) in [6.07, 6.45) is 0. The molecule has 0 aliphatic carbocycles. The Morgan fingerprint density at radius 2 is 1.35 bits per heavy atom. The van der Waals surface area contributed by atoms with Crippen LogP contribution in [0.2, 0.25) is 0 Å². The third-order valence-corrected chi connectivity index (χ3v) is 5.43. The van der Waals surface area contributed by atoms with Gasteiger partial charge in [0.25, 0.3) is 0 Å². The highest BCUT2D eigenvalue weighted by molar-refractivity contribution is 7.41. The third kappa shape index (κ3) is 1.48. The highest BCUT2D eigenvalue weighted by Crippen LogP contribution is 2.35. The third-order valence-electron chi connectivity index (χ3n) is 3.08. The molecule has 0 fully saturated rings. The summed E-state index contributed by atoms with van der Waals surface area (Å²) in [5.41, 5.74) is 0.174. The van der Waals surface area contributed by atoms with Gasteiger partial charge < -0.3 is 0 Å². The van der Waals surface area contributed by atoms with Crippen LogP contribution in [0.3, 0.4) is 0 Å². The first kappa shape index (κ1) is 10.5. The summed E-state index contributed by atoms with van der Waals surface area (Å²) in [6, 6.07) is 16.0. The molecule has 17 heavy (non-hydrogen) atoms. The van der Waals surface area contributed by atoms with Crippen molar-refractivity contribution in [2.75, 3.05) is 0 Å². The van der Waals surface area contributed by atoms with Gasteiger partial charge in [-0.05, 0) is 41.7 Å². The summed E-state index contributed by atoms with van der Waals surface area (Å²) in [4.78, 5) is 12.4. The first-order chi connectivity index (χ1) is 8.33. The van der Waals surface area contributed by atoms with Crippen LogP contribution in [0.25, 0.3) is 20.2 Å². The lowest BCUT2D eigenvalue weighted by atomic mass is 10.2. The average Bonchev–Trinajstić information content (AvgIpc) is 2.40. The van der Waals surface area contributed by atoms with Crippen molar-refractivity contribution in [3.8, 4) is 0 Å². The molecule has 3 aromatic rings. The highest BCUT2D eigenvalue weighted by atomic mass is 32.2. The van der Waals surface area contributed by atoms with Crippen molar-refractivity contribution in [3.05, 3.63) is 58.8 Å². The van der Waals surface area contributed by atoms with Gasteiger partial charge in [0, 0.05) is 0 Å². The zero-order chi connectivity index (χ0) is 11.8. The first-order valence-electron chi connectivity index (χ1n) is 5.76. The molecule has 2 aromatic carbocycles. The van der Waals surface area contributed by atoms with E-state index in [1.165, 1.54) is 9.40 Å². The summed E-state index contributed by atoms with van der Waals surface area (Å²) < 4.78 is 2.41. The largest absolute Gasteiger partial charge is 0.288 e. The lowest BCUT2D eigenvalue weighted by molar-refractivity contribution is 1.38. The molecule has 0 radical (unpaired) electrons. The van der Waals surface area contributed by atoms with Crippen molar-refractivity contribution in [1.82, 2.24) is 0 Å². The van der Waals surface area contributed by atoms with Gasteiger partial charge in [0.1, 0.15) is 5.75 Å². The van der Waals surface area contributed by atoms with Gasteiger partial charge in [-0.25, -0.2) is 0 Å². The molecule has 0 bridgehead atoms. The Morgan fingerprint density at radius 3 is 1.82 bits per heavy atom. The maximum absolute atomic E-state index is 12.4. The fourth-order valence-corrected chi connectivity index (χ4v) is 4.51. The molecule has 0 N–H and O–H groups in total. The summed E-state index contributed by atoms with van der Waals surface area (Å²) in [5.74, 6) is 1.06. The predicted octanol–water partition coefficient (Wildman–Crippen LogP) is 4.12. The monoisotopic (exact) mass is 241 g/mol. The summed E-state index contributed by atoms with van der Waals surface area (Å²) in [6.45, 7) is 2.19. The molecule has 0 unspecified atom stereocenters. The number of benzene rings is 2. The van der Waals surface area contributed by atoms with E-state index < -0.39 is 0 Å². The van der Waals surface area contributed by atoms with Crippen LogP contribution < -0.4 is 5.43 Å². The van der Waals surface area contributed by atoms with E-state index in [1.807, 2.05) is 36.4 Å². The maximum atomic E-state index is 12.4. The Hall–Kier alpha value is -1.67. The average molecular weight is 241 g/mol. The summed E-state index contributed by atoms with van der Waals surface area (Å²) in [7, 11) is 0.0570. The molecule has 0 aliphatic heterocycles. The fourth-order valence-electron chi connectivity index (χ4n) is 2.31. The van der Waals surface area contributed by atoms with Crippen LogP contribution in [-0.2, 0) is 5.75 Å². The van der Waals surface area contributed by atoms with Crippen molar-refractivity contribution < 1.29 is 0 Å². The molecule has 1 aromatic heterocycles. The van der Waals surface area contributed by atoms with E-state index in [4.69, 9.17) is 0 Å². The Balaban J connectivity index is 2.68. The van der Waals surface area contributed by atoms with Crippen molar-refractivity contribution in [1.29, 1.82) is 0 Å². The molecule has 0 saturated carbocycles. The minimum absolute atomic E-state index is 0.0570. The molecule has 84 valence electrons. The van der Waals surface area contributed by atoms with Gasteiger partial charge in [-0.2, -0.15) is 0 Å². The molecule has 0 atom stereocenters. The number of aryl methyl sites for hydroxylation is 1. The van der Waals surface area contributed by atoms with E-state index in [9.17, 15) is 4.79 Å². The van der Waals surface area contributed by atoms with Crippen molar-refractivity contribution >= 4 is 30.6 Å². The Labute approximate surface area is 102 Å². The van der Waals surface area contributed by atoms with Crippen LogP contribution in [0.15, 0.2) is 53.3 Å². The molecule has 0 spiro atoms. The summed E-state index contributed by atoms with van der Waals surface area (Å²) >= 11 is 0. The SMILES string of the molecule is CC[s+]1c2ccccc2c(=O)c2ccccc21. The zero-order valence-electron chi connectivity index (χ0n) is 9.64. The van der Waals surface area contributed by atoms with E-state index >= 15 is 0 Å². The van der Waals surface area contributed by atoms with Crippen LogP contribution in [0, 0.1) is 0 Å². The normalized spacial score (nSPS) is 11.1. The van der Waals surface area contributed by atoms with Crippen LogP contribution in [0.5, 0.6) is 0 Å². The molecule has 0 saturated heterocycles. The van der Waals surface area contributed by atoms with Gasteiger partial charge in [0.05, 0.1) is 10.8 Å². The minimum atomic E-state index is 0.0570. The van der Waals surface area contributed by atoms with E-state index in [0.717, 1.165) is 16.5 Å². The van der Waals surface area contributed by atoms with E-state index in [2.05, 4.69) is 19.1 Å². The molecule has 3 rings (SSSR count). The van der Waals surface area contributed by atoms with Crippen LogP contribution >= 0.6 is 10.5 Å². The van der Waals surface area contributed by atoms with E-state index in [-0.39, 0.29) is 15.9 Å². The van der Waals surface area contributed by atoms with Gasteiger partial charge in [0.2, 0.25) is 5.43 Å². The molecular formula is C15H13OS+. The zero-order valence-corrected chi connectivity index (χ0v) is 10.5. The Morgan fingerprint density at radius 1 is 0.882 bits per heavy atom. The maximum Gasteiger partial charge on any atom is 0.203 e. The Kier molecular flexibility index (Phi) is 2.45. The Bertz CT molecular complexity index is 696. The van der Waals surface area contributed by atoms with Crippen LogP contribution in [0.1, 0.15) is 6.92 Å². The second kappa shape index (κ2) is 3.97. The lowest BCUT2D eigenvalue weighted by Crippen LogP contribution is -2.01. The fraction of sp³-hybridized carbons (Fsp3) is 0.133. The topological polar surface area (TPSA) is 17.1 Å². The van der Waals surface area contributed by atoms with Crippen LogP contribution in [0.4, 0.5) is 0 Å². The smallest absolute Gasteiger partial charge is 0.203 e. The molecule has 0 aliphatic rings.